The van der Waals surface area contributed by atoms with Crippen molar-refractivity contribution in [1.82, 2.24) is 14.5 Å². The van der Waals surface area contributed by atoms with Gasteiger partial charge in [0.05, 0.1) is 28.7 Å². The van der Waals surface area contributed by atoms with Crippen LogP contribution in [0.25, 0.3) is 11.0 Å². The molecular weight excluding hydrogens is 549 g/mol. The summed E-state index contributed by atoms with van der Waals surface area (Å²) in [5.74, 6) is -0.446. The van der Waals surface area contributed by atoms with Gasteiger partial charge in [0.25, 0.3) is 5.91 Å². The second-order valence-corrected chi connectivity index (χ2v) is 11.5. The number of hydrogen-bond donors (Lipinski definition) is 1. The number of ether oxygens (including phenoxy) is 2. The lowest BCUT2D eigenvalue weighted by molar-refractivity contribution is -0.274. The van der Waals surface area contributed by atoms with Crippen molar-refractivity contribution < 1.29 is 32.2 Å². The van der Waals surface area contributed by atoms with E-state index in [1.807, 2.05) is 0 Å². The highest BCUT2D eigenvalue weighted by atomic mass is 35.5. The summed E-state index contributed by atoms with van der Waals surface area (Å²) in [4.78, 5) is 30.8. The minimum atomic E-state index is -4.78. The molecule has 1 heterocycles. The molecule has 40 heavy (non-hydrogen) atoms. The molecule has 1 N–H and O–H groups in total. The average Bonchev–Trinajstić information content (AvgIpc) is 3.18. The molecule has 2 atom stereocenters. The summed E-state index contributed by atoms with van der Waals surface area (Å²) < 4.78 is 48.5. The Kier molecular flexibility index (Phi) is 8.26. The van der Waals surface area contributed by atoms with E-state index in [0.29, 0.717) is 28.6 Å². The third-order valence-corrected chi connectivity index (χ3v) is 7.33. The number of nitrogens with one attached hydrogen (secondary N) is 1. The standard InChI is InChI=1S/C28H32ClF3N4O4/c1-16-10-18(14-27(2,3)13-16)36-23-12-21(29)20(25(38)35(4)15-24(37)39-5)11-22(23)34-26(36)33-17-6-8-19(9-7-17)40-28(30,31)32/h6-9,11-12,16,18H,10,13-15H2,1-5H3,(H,33,34). The van der Waals surface area contributed by atoms with Gasteiger partial charge >= 0.3 is 12.3 Å². The van der Waals surface area contributed by atoms with Crippen LogP contribution in [0.15, 0.2) is 36.4 Å². The number of hydrogen-bond acceptors (Lipinski definition) is 6. The van der Waals surface area contributed by atoms with E-state index in [4.69, 9.17) is 16.6 Å². The first-order chi connectivity index (χ1) is 18.7. The van der Waals surface area contributed by atoms with Gasteiger partial charge < -0.3 is 24.3 Å². The van der Waals surface area contributed by atoms with Gasteiger partial charge in [0.15, 0.2) is 0 Å². The maximum Gasteiger partial charge on any atom is 0.573 e. The van der Waals surface area contributed by atoms with Gasteiger partial charge in [-0.1, -0.05) is 32.4 Å². The smallest absolute Gasteiger partial charge is 0.468 e. The van der Waals surface area contributed by atoms with Gasteiger partial charge in [-0.25, -0.2) is 4.98 Å². The second kappa shape index (κ2) is 11.2. The van der Waals surface area contributed by atoms with Gasteiger partial charge in [-0.3, -0.25) is 9.59 Å². The topological polar surface area (TPSA) is 85.7 Å². The number of carbonyl (C=O) groups is 2. The van der Waals surface area contributed by atoms with Gasteiger partial charge in [0.2, 0.25) is 5.95 Å². The molecule has 1 saturated carbocycles. The Morgan fingerprint density at radius 3 is 2.48 bits per heavy atom. The molecule has 1 aliphatic carbocycles. The van der Waals surface area contributed by atoms with Crippen LogP contribution in [0.1, 0.15) is 56.4 Å². The lowest BCUT2D eigenvalue weighted by atomic mass is 9.70. The third kappa shape index (κ3) is 6.80. The number of fused-ring (bicyclic) bond motifs is 1. The molecule has 0 radical (unpaired) electrons. The summed E-state index contributed by atoms with van der Waals surface area (Å²) in [5, 5.41) is 3.44. The molecule has 0 aliphatic heterocycles. The largest absolute Gasteiger partial charge is 0.573 e. The fourth-order valence-electron chi connectivity index (χ4n) is 5.63. The van der Waals surface area contributed by atoms with E-state index in [1.54, 1.807) is 12.1 Å². The van der Waals surface area contributed by atoms with Crippen molar-refractivity contribution in [3.8, 4) is 5.75 Å². The van der Waals surface area contributed by atoms with Crippen molar-refractivity contribution >= 4 is 46.1 Å². The minimum absolute atomic E-state index is 0.0544. The first kappa shape index (κ1) is 29.5. The first-order valence-electron chi connectivity index (χ1n) is 12.8. The van der Waals surface area contributed by atoms with Crippen LogP contribution < -0.4 is 10.1 Å². The molecule has 1 aromatic heterocycles. The molecule has 0 bridgehead atoms. The normalized spacial score (nSPS) is 18.8. The number of amides is 1. The number of alkyl halides is 3. The van der Waals surface area contributed by atoms with Crippen LogP contribution in [0.4, 0.5) is 24.8 Å². The maximum atomic E-state index is 13.1. The fraction of sp³-hybridized carbons (Fsp3) is 0.464. The quantitative estimate of drug-likeness (QED) is 0.304. The summed E-state index contributed by atoms with van der Waals surface area (Å²) in [7, 11) is 2.72. The number of rotatable bonds is 7. The van der Waals surface area contributed by atoms with Crippen LogP contribution in [-0.2, 0) is 9.53 Å². The van der Waals surface area contributed by atoms with Crippen molar-refractivity contribution in [2.24, 2.45) is 11.3 Å². The van der Waals surface area contributed by atoms with Crippen molar-refractivity contribution in [3.63, 3.8) is 0 Å². The number of likely N-dealkylation sites (N-methyl/N-ethyl adjacent to an activating group) is 1. The van der Waals surface area contributed by atoms with Crippen LogP contribution in [0, 0.1) is 11.3 Å². The zero-order valence-electron chi connectivity index (χ0n) is 22.9. The summed E-state index contributed by atoms with van der Waals surface area (Å²) >= 11 is 6.62. The first-order valence-corrected chi connectivity index (χ1v) is 13.2. The average molecular weight is 581 g/mol. The van der Waals surface area contributed by atoms with E-state index in [2.05, 4.69) is 40.1 Å². The van der Waals surface area contributed by atoms with Crippen LogP contribution in [0.3, 0.4) is 0 Å². The molecule has 12 heteroatoms. The van der Waals surface area contributed by atoms with E-state index < -0.39 is 18.2 Å². The highest BCUT2D eigenvalue weighted by molar-refractivity contribution is 6.34. The van der Waals surface area contributed by atoms with Gasteiger partial charge in [-0.2, -0.15) is 0 Å². The number of carbonyl (C=O) groups excluding carboxylic acids is 2. The number of anilines is 2. The number of nitrogens with zero attached hydrogens (tertiary/aromatic N) is 3. The summed E-state index contributed by atoms with van der Waals surface area (Å²) in [5.41, 5.74) is 1.99. The van der Waals surface area contributed by atoms with E-state index >= 15 is 0 Å². The molecular formula is C28H32ClF3N4O4. The number of benzene rings is 2. The molecule has 0 spiro atoms. The summed E-state index contributed by atoms with van der Waals surface area (Å²) in [6.45, 7) is 6.42. The Labute approximate surface area is 235 Å². The Bertz CT molecular complexity index is 1410. The van der Waals surface area contributed by atoms with Gasteiger partial charge in [0.1, 0.15) is 12.3 Å². The molecule has 4 rings (SSSR count). The van der Waals surface area contributed by atoms with Crippen LogP contribution >= 0.6 is 11.6 Å². The molecule has 1 amide bonds. The predicted octanol–water partition coefficient (Wildman–Crippen LogP) is 6.96. The van der Waals surface area contributed by atoms with E-state index in [1.165, 1.54) is 43.3 Å². The predicted molar refractivity (Wildman–Crippen MR) is 146 cm³/mol. The zero-order chi connectivity index (χ0) is 29.4. The molecule has 1 aliphatic rings. The van der Waals surface area contributed by atoms with Crippen LogP contribution in [0.5, 0.6) is 5.75 Å². The zero-order valence-corrected chi connectivity index (χ0v) is 23.7. The highest BCUT2D eigenvalue weighted by Gasteiger charge is 2.35. The molecule has 0 saturated heterocycles. The number of aromatic nitrogens is 2. The molecule has 3 aromatic rings. The third-order valence-electron chi connectivity index (χ3n) is 7.02. The van der Waals surface area contributed by atoms with E-state index in [-0.39, 0.29) is 34.3 Å². The number of esters is 1. The van der Waals surface area contributed by atoms with Gasteiger partial charge in [-0.05, 0) is 67.0 Å². The minimum Gasteiger partial charge on any atom is -0.468 e. The fourth-order valence-corrected chi connectivity index (χ4v) is 5.87. The lowest BCUT2D eigenvalue weighted by Crippen LogP contribution is -2.32. The van der Waals surface area contributed by atoms with Crippen molar-refractivity contribution in [2.45, 2.75) is 52.4 Å². The monoisotopic (exact) mass is 580 g/mol. The SMILES string of the molecule is COC(=O)CN(C)C(=O)c1cc2nc(Nc3ccc(OC(F)(F)F)cc3)n(C3CC(C)CC(C)(C)C3)c2cc1Cl. The van der Waals surface area contributed by atoms with Crippen LogP contribution in [-0.4, -0.2) is 53.4 Å². The molecule has 8 nitrogen and oxygen atoms in total. The van der Waals surface area contributed by atoms with E-state index in [0.717, 1.165) is 19.3 Å². The molecule has 216 valence electrons. The number of methoxy groups -OCH3 is 1. The molecule has 2 unspecified atom stereocenters. The summed E-state index contributed by atoms with van der Waals surface area (Å²) in [6, 6.07) is 8.73. The second-order valence-electron chi connectivity index (χ2n) is 11.1. The lowest BCUT2D eigenvalue weighted by Gasteiger charge is -2.40. The van der Waals surface area contributed by atoms with E-state index in [9.17, 15) is 22.8 Å². The highest BCUT2D eigenvalue weighted by Crippen LogP contribution is 2.46. The van der Waals surface area contributed by atoms with Gasteiger partial charge in [0, 0.05) is 18.8 Å². The van der Waals surface area contributed by atoms with Gasteiger partial charge in [-0.15, -0.1) is 13.2 Å². The summed E-state index contributed by atoms with van der Waals surface area (Å²) in [6.07, 6.45) is -1.95. The Hall–Kier alpha value is -3.47. The Balaban J connectivity index is 1.76. The Morgan fingerprint density at radius 1 is 1.20 bits per heavy atom. The van der Waals surface area contributed by atoms with Crippen molar-refractivity contribution in [1.29, 1.82) is 0 Å². The molecule has 1 fully saturated rings. The maximum absolute atomic E-state index is 13.1. The molecule has 2 aromatic carbocycles. The van der Waals surface area contributed by atoms with Crippen molar-refractivity contribution in [3.05, 3.63) is 47.0 Å². The Morgan fingerprint density at radius 2 is 1.88 bits per heavy atom. The number of halogens is 4. The van der Waals surface area contributed by atoms with Crippen LogP contribution in [0.2, 0.25) is 5.02 Å². The van der Waals surface area contributed by atoms with Crippen molar-refractivity contribution in [2.75, 3.05) is 26.0 Å². The number of imidazole rings is 1.